The van der Waals surface area contributed by atoms with Gasteiger partial charge in [0.05, 0.1) is 0 Å². The number of carbonyl (C=O) groups excluding carboxylic acids is 1. The second-order valence-corrected chi connectivity index (χ2v) is 7.00. The lowest BCUT2D eigenvalue weighted by molar-refractivity contribution is -0.122. The van der Waals surface area contributed by atoms with Crippen LogP contribution in [0.2, 0.25) is 0 Å². The molecule has 5 N–H and O–H groups in total. The lowest BCUT2D eigenvalue weighted by atomic mass is 10.0. The van der Waals surface area contributed by atoms with Crippen LogP contribution in [0.1, 0.15) is 24.0 Å². The number of nitrogens with zero attached hydrogens (tertiary/aromatic N) is 1. The smallest absolute Gasteiger partial charge is 0.317 e. The van der Waals surface area contributed by atoms with E-state index in [9.17, 15) is 9.18 Å². The first-order chi connectivity index (χ1) is 14.6. The third-order valence-corrected chi connectivity index (χ3v) is 4.93. The van der Waals surface area contributed by atoms with Gasteiger partial charge in [0.15, 0.2) is 0 Å². The molecule has 0 radical (unpaired) electrons. The summed E-state index contributed by atoms with van der Waals surface area (Å²) in [6.45, 7) is 1.99. The van der Waals surface area contributed by atoms with Crippen molar-refractivity contribution >= 4 is 18.2 Å². The molecule has 7 nitrogen and oxygen atoms in total. The first kappa shape index (κ1) is 23.2. The second-order valence-electron chi connectivity index (χ2n) is 7.00. The summed E-state index contributed by atoms with van der Waals surface area (Å²) >= 11 is 0. The molecule has 0 saturated carbocycles. The van der Waals surface area contributed by atoms with Crippen molar-refractivity contribution in [2.75, 3.05) is 25.0 Å². The second kappa shape index (κ2) is 12.4. The van der Waals surface area contributed by atoms with Crippen molar-refractivity contribution in [2.45, 2.75) is 31.8 Å². The van der Waals surface area contributed by atoms with Crippen LogP contribution in [0.4, 0.5) is 14.9 Å². The monoisotopic (exact) mass is 416 g/mol. The Balaban J connectivity index is 0.00000101. The van der Waals surface area contributed by atoms with Crippen LogP contribution in [0.25, 0.3) is 0 Å². The Morgan fingerprint density at radius 3 is 2.40 bits per heavy atom. The van der Waals surface area contributed by atoms with Gasteiger partial charge >= 0.3 is 6.03 Å². The molecule has 30 heavy (non-hydrogen) atoms. The molecule has 1 aliphatic rings. The van der Waals surface area contributed by atoms with Gasteiger partial charge in [0, 0.05) is 36.9 Å². The summed E-state index contributed by atoms with van der Waals surface area (Å²) in [4.78, 5) is 22.5. The van der Waals surface area contributed by atoms with E-state index in [2.05, 4.69) is 34.9 Å². The maximum absolute atomic E-state index is 13.6. The minimum atomic E-state index is -0.293. The Labute approximate surface area is 176 Å². The molecule has 0 spiro atoms. The molecule has 0 aromatic heterocycles. The summed E-state index contributed by atoms with van der Waals surface area (Å²) in [7, 11) is 0. The molecule has 1 heterocycles. The van der Waals surface area contributed by atoms with Crippen molar-refractivity contribution in [2.24, 2.45) is 5.73 Å². The number of nitrogens with two attached hydrogens (primary N) is 1. The third-order valence-electron chi connectivity index (χ3n) is 4.93. The molecule has 0 unspecified atom stereocenters. The number of nitrogens with one attached hydrogen (secondary N) is 2. The van der Waals surface area contributed by atoms with Gasteiger partial charge in [-0.3, -0.25) is 4.79 Å². The Morgan fingerprint density at radius 1 is 1.17 bits per heavy atom. The van der Waals surface area contributed by atoms with Gasteiger partial charge < -0.3 is 26.4 Å². The van der Waals surface area contributed by atoms with Gasteiger partial charge in [-0.1, -0.05) is 30.3 Å². The van der Waals surface area contributed by atoms with E-state index in [0.717, 1.165) is 24.9 Å². The van der Waals surface area contributed by atoms with Crippen molar-refractivity contribution in [1.82, 2.24) is 10.2 Å². The molecule has 8 heteroatoms. The Morgan fingerprint density at radius 2 is 1.80 bits per heavy atom. The van der Waals surface area contributed by atoms with Crippen molar-refractivity contribution in [3.63, 3.8) is 0 Å². The van der Waals surface area contributed by atoms with Crippen LogP contribution in [-0.4, -0.2) is 48.2 Å². The molecule has 0 bridgehead atoms. The highest BCUT2D eigenvalue weighted by Gasteiger charge is 2.22. The Bertz CT molecular complexity index is 793. The Hall–Kier alpha value is -3.13. The molecule has 1 saturated heterocycles. The van der Waals surface area contributed by atoms with Gasteiger partial charge in [-0.25, -0.2) is 9.18 Å². The molecule has 2 aromatic rings. The van der Waals surface area contributed by atoms with Crippen LogP contribution in [0, 0.1) is 5.82 Å². The number of hydrogen-bond donors (Lipinski definition) is 4. The van der Waals surface area contributed by atoms with Gasteiger partial charge in [0.1, 0.15) is 5.82 Å². The lowest BCUT2D eigenvalue weighted by Gasteiger charge is -2.33. The molecular weight excluding hydrogens is 387 g/mol. The number of likely N-dealkylation sites (tertiary alicyclic amines) is 1. The largest absolute Gasteiger partial charge is 0.483 e. The van der Waals surface area contributed by atoms with E-state index in [0.29, 0.717) is 31.2 Å². The predicted molar refractivity (Wildman–Crippen MR) is 115 cm³/mol. The number of urea groups is 1. The van der Waals surface area contributed by atoms with E-state index in [1.54, 1.807) is 23.1 Å². The molecule has 3 rings (SSSR count). The summed E-state index contributed by atoms with van der Waals surface area (Å²) < 4.78 is 13.6. The summed E-state index contributed by atoms with van der Waals surface area (Å²) in [5.41, 5.74) is 8.41. The van der Waals surface area contributed by atoms with E-state index in [1.807, 2.05) is 0 Å². The zero-order valence-corrected chi connectivity index (χ0v) is 16.9. The standard InChI is InChI=1S/C21H27FN4O.CH2O2/c22-20-4-2-1-3-17(20)15-24-21(27)26-13-10-19(11-14-26)25-18-7-5-16(6-8-18)9-12-23;2-1-3/h1-8,19,25H,9-15,23H2,(H,24,27);1H,(H,2,3). The zero-order chi connectivity index (χ0) is 21.8. The number of carbonyl (C=O) groups is 2. The minimum Gasteiger partial charge on any atom is -0.483 e. The quantitative estimate of drug-likeness (QED) is 0.542. The van der Waals surface area contributed by atoms with E-state index in [-0.39, 0.29) is 24.9 Å². The van der Waals surface area contributed by atoms with Gasteiger partial charge in [0.2, 0.25) is 0 Å². The van der Waals surface area contributed by atoms with Gasteiger partial charge in [-0.2, -0.15) is 0 Å². The van der Waals surface area contributed by atoms with Crippen LogP contribution in [0.15, 0.2) is 48.5 Å². The molecule has 2 aromatic carbocycles. The normalized spacial score (nSPS) is 13.7. The first-order valence-electron chi connectivity index (χ1n) is 9.97. The lowest BCUT2D eigenvalue weighted by Crippen LogP contribution is -2.46. The minimum absolute atomic E-state index is 0.136. The highest BCUT2D eigenvalue weighted by atomic mass is 19.1. The maximum Gasteiger partial charge on any atom is 0.317 e. The number of rotatable bonds is 6. The Kier molecular flexibility index (Phi) is 9.60. The number of piperidine rings is 1. The molecule has 1 fully saturated rings. The third kappa shape index (κ3) is 7.36. The zero-order valence-electron chi connectivity index (χ0n) is 16.9. The molecule has 162 valence electrons. The van der Waals surface area contributed by atoms with Crippen LogP contribution in [0.5, 0.6) is 0 Å². The number of benzene rings is 2. The van der Waals surface area contributed by atoms with E-state index in [4.69, 9.17) is 15.6 Å². The molecular formula is C22H29FN4O3. The predicted octanol–water partition coefficient (Wildman–Crippen LogP) is 2.81. The van der Waals surface area contributed by atoms with Crippen molar-refractivity contribution < 1.29 is 19.1 Å². The van der Waals surface area contributed by atoms with E-state index in [1.165, 1.54) is 11.6 Å². The van der Waals surface area contributed by atoms with Crippen molar-refractivity contribution in [3.8, 4) is 0 Å². The van der Waals surface area contributed by atoms with Gasteiger partial charge in [-0.05, 0) is 49.6 Å². The number of hydrogen-bond acceptors (Lipinski definition) is 4. The van der Waals surface area contributed by atoms with Crippen molar-refractivity contribution in [1.29, 1.82) is 0 Å². The van der Waals surface area contributed by atoms with Crippen LogP contribution < -0.4 is 16.4 Å². The van der Waals surface area contributed by atoms with Crippen LogP contribution in [-0.2, 0) is 17.8 Å². The number of amides is 2. The molecule has 1 aliphatic heterocycles. The average molecular weight is 416 g/mol. The summed E-state index contributed by atoms with van der Waals surface area (Å²) in [5.74, 6) is -0.293. The fourth-order valence-electron chi connectivity index (χ4n) is 3.32. The highest BCUT2D eigenvalue weighted by molar-refractivity contribution is 5.74. The molecule has 2 amide bonds. The fourth-order valence-corrected chi connectivity index (χ4v) is 3.32. The van der Waals surface area contributed by atoms with Crippen LogP contribution in [0.3, 0.4) is 0 Å². The number of anilines is 1. The van der Waals surface area contributed by atoms with Crippen LogP contribution >= 0.6 is 0 Å². The number of carboxylic acid groups (broad SMARTS) is 1. The SMILES string of the molecule is NCCc1ccc(NC2CCN(C(=O)NCc3ccccc3F)CC2)cc1.O=CO. The van der Waals surface area contributed by atoms with E-state index < -0.39 is 0 Å². The number of halogens is 1. The topological polar surface area (TPSA) is 108 Å². The summed E-state index contributed by atoms with van der Waals surface area (Å²) in [5, 5.41) is 13.2. The molecule has 0 aliphatic carbocycles. The molecule has 0 atom stereocenters. The van der Waals surface area contributed by atoms with Gasteiger partial charge in [0.25, 0.3) is 6.47 Å². The average Bonchev–Trinajstić information content (AvgIpc) is 2.76. The summed E-state index contributed by atoms with van der Waals surface area (Å²) in [6.07, 6.45) is 2.66. The van der Waals surface area contributed by atoms with Gasteiger partial charge in [-0.15, -0.1) is 0 Å². The first-order valence-corrected chi connectivity index (χ1v) is 9.97. The van der Waals surface area contributed by atoms with Crippen molar-refractivity contribution in [3.05, 3.63) is 65.5 Å². The summed E-state index contributed by atoms with van der Waals surface area (Å²) in [6, 6.07) is 15.1. The maximum atomic E-state index is 13.6. The fraction of sp³-hybridized carbons (Fsp3) is 0.364. The van der Waals surface area contributed by atoms with E-state index >= 15 is 0 Å². The highest BCUT2D eigenvalue weighted by Crippen LogP contribution is 2.18.